The Morgan fingerprint density at radius 3 is 2.35 bits per heavy atom. The second-order valence-corrected chi connectivity index (χ2v) is 6.28. The first-order valence-electron chi connectivity index (χ1n) is 8.10. The number of carbonyl (C=O) groups excluding carboxylic acids is 2. The smallest absolute Gasteiger partial charge is 0.311 e. The second-order valence-electron chi connectivity index (χ2n) is 5.87. The number of halogens is 1. The molecule has 0 aliphatic carbocycles. The molecule has 23 heavy (non-hydrogen) atoms. The average molecular weight is 341 g/mol. The molecule has 5 heteroatoms. The summed E-state index contributed by atoms with van der Waals surface area (Å²) in [6.45, 7) is 4.76. The fourth-order valence-corrected chi connectivity index (χ4v) is 2.16. The Morgan fingerprint density at radius 2 is 1.70 bits per heavy atom. The molecule has 128 valence electrons. The van der Waals surface area contributed by atoms with Gasteiger partial charge in [-0.25, -0.2) is 0 Å². The van der Waals surface area contributed by atoms with E-state index in [-0.39, 0.29) is 18.4 Å². The highest BCUT2D eigenvalue weighted by atomic mass is 35.5. The third-order valence-electron chi connectivity index (χ3n) is 3.26. The van der Waals surface area contributed by atoms with Crippen molar-refractivity contribution in [2.75, 3.05) is 6.61 Å². The minimum atomic E-state index is -0.344. The zero-order chi connectivity index (χ0) is 17.1. The van der Waals surface area contributed by atoms with Gasteiger partial charge in [0.2, 0.25) is 0 Å². The van der Waals surface area contributed by atoms with E-state index in [1.807, 2.05) is 0 Å². The lowest BCUT2D eigenvalue weighted by Crippen LogP contribution is -2.09. The van der Waals surface area contributed by atoms with Crippen LogP contribution < -0.4 is 4.74 Å². The Labute approximate surface area is 143 Å². The van der Waals surface area contributed by atoms with Crippen molar-refractivity contribution in [2.24, 2.45) is 5.92 Å². The molecule has 0 N–H and O–H groups in total. The summed E-state index contributed by atoms with van der Waals surface area (Å²) in [5, 5.41) is 0.408. The molecule has 4 nitrogen and oxygen atoms in total. The predicted octanol–water partition coefficient (Wildman–Crippen LogP) is 4.79. The van der Waals surface area contributed by atoms with E-state index in [2.05, 4.69) is 13.8 Å². The van der Waals surface area contributed by atoms with Gasteiger partial charge in [-0.05, 0) is 43.7 Å². The minimum absolute atomic E-state index is 0.201. The summed E-state index contributed by atoms with van der Waals surface area (Å²) in [5.41, 5.74) is 0. The van der Waals surface area contributed by atoms with Gasteiger partial charge in [-0.1, -0.05) is 37.6 Å². The van der Waals surface area contributed by atoms with Crippen LogP contribution in [0, 0.1) is 5.92 Å². The van der Waals surface area contributed by atoms with Crippen molar-refractivity contribution < 1.29 is 19.1 Å². The molecule has 0 radical (unpaired) electrons. The van der Waals surface area contributed by atoms with Crippen molar-refractivity contribution in [1.82, 2.24) is 0 Å². The van der Waals surface area contributed by atoms with E-state index >= 15 is 0 Å². The summed E-state index contributed by atoms with van der Waals surface area (Å²) in [6.07, 6.45) is 3.74. The van der Waals surface area contributed by atoms with Crippen LogP contribution in [0.25, 0.3) is 0 Å². The van der Waals surface area contributed by atoms with Gasteiger partial charge in [0.1, 0.15) is 5.75 Å². The van der Waals surface area contributed by atoms with Crippen molar-refractivity contribution >= 4 is 23.5 Å². The highest BCUT2D eigenvalue weighted by molar-refractivity contribution is 6.32. The summed E-state index contributed by atoms with van der Waals surface area (Å²) in [7, 11) is 0. The number of hydrogen-bond donors (Lipinski definition) is 0. The Morgan fingerprint density at radius 1 is 1.04 bits per heavy atom. The quantitative estimate of drug-likeness (QED) is 0.349. The monoisotopic (exact) mass is 340 g/mol. The van der Waals surface area contributed by atoms with Crippen molar-refractivity contribution in [3.05, 3.63) is 29.3 Å². The lowest BCUT2D eigenvalue weighted by molar-refractivity contribution is -0.144. The minimum Gasteiger partial charge on any atom is -0.466 e. The standard InChI is InChI=1S/C18H25ClO4/c1-14(2)8-7-13-22-17(20)11-5-6-12-18(21)23-16-10-4-3-9-15(16)19/h3-4,9-10,14H,5-8,11-13H2,1-2H3. The Kier molecular flexibility index (Phi) is 9.37. The largest absolute Gasteiger partial charge is 0.466 e. The van der Waals surface area contributed by atoms with Crippen LogP contribution in [0.15, 0.2) is 24.3 Å². The van der Waals surface area contributed by atoms with Crippen molar-refractivity contribution in [1.29, 1.82) is 0 Å². The van der Waals surface area contributed by atoms with Crippen LogP contribution in [-0.2, 0) is 14.3 Å². The highest BCUT2D eigenvalue weighted by Crippen LogP contribution is 2.23. The molecule has 0 spiro atoms. The normalized spacial score (nSPS) is 10.6. The molecule has 0 aromatic heterocycles. The van der Waals surface area contributed by atoms with Gasteiger partial charge in [0.05, 0.1) is 11.6 Å². The van der Waals surface area contributed by atoms with Crippen LogP contribution in [-0.4, -0.2) is 18.5 Å². The third kappa shape index (κ3) is 9.24. The van der Waals surface area contributed by atoms with Crippen LogP contribution >= 0.6 is 11.6 Å². The molecule has 0 bridgehead atoms. The first kappa shape index (κ1) is 19.5. The van der Waals surface area contributed by atoms with Crippen molar-refractivity contribution in [2.45, 2.75) is 52.4 Å². The fraction of sp³-hybridized carbons (Fsp3) is 0.556. The molecule has 0 saturated carbocycles. The number of carbonyl (C=O) groups is 2. The van der Waals surface area contributed by atoms with Gasteiger partial charge in [0.25, 0.3) is 0 Å². The molecule has 0 unspecified atom stereocenters. The Hall–Kier alpha value is -1.55. The van der Waals surface area contributed by atoms with Gasteiger partial charge in [-0.3, -0.25) is 9.59 Å². The average Bonchev–Trinajstić information content (AvgIpc) is 2.50. The van der Waals surface area contributed by atoms with E-state index in [1.54, 1.807) is 24.3 Å². The molecule has 1 aromatic rings. The van der Waals surface area contributed by atoms with E-state index in [1.165, 1.54) is 0 Å². The molecule has 0 atom stereocenters. The molecule has 1 rings (SSSR count). The van der Waals surface area contributed by atoms with E-state index in [9.17, 15) is 9.59 Å². The lowest BCUT2D eigenvalue weighted by Gasteiger charge is -2.07. The van der Waals surface area contributed by atoms with Crippen LogP contribution in [0.2, 0.25) is 5.02 Å². The molecule has 0 aliphatic heterocycles. The van der Waals surface area contributed by atoms with Crippen LogP contribution in [0.5, 0.6) is 5.75 Å². The number of unbranched alkanes of at least 4 members (excludes halogenated alkanes) is 1. The number of hydrogen-bond acceptors (Lipinski definition) is 4. The van der Waals surface area contributed by atoms with E-state index in [4.69, 9.17) is 21.1 Å². The maximum Gasteiger partial charge on any atom is 0.311 e. The third-order valence-corrected chi connectivity index (χ3v) is 3.57. The Bertz CT molecular complexity index is 500. The van der Waals surface area contributed by atoms with Gasteiger partial charge in [-0.15, -0.1) is 0 Å². The first-order valence-corrected chi connectivity index (χ1v) is 8.47. The summed E-state index contributed by atoms with van der Waals surface area (Å²) in [6, 6.07) is 6.84. The van der Waals surface area contributed by atoms with E-state index in [0.717, 1.165) is 12.8 Å². The van der Waals surface area contributed by atoms with Gasteiger partial charge in [0, 0.05) is 12.8 Å². The Balaban J connectivity index is 2.09. The summed E-state index contributed by atoms with van der Waals surface area (Å²) in [4.78, 5) is 23.2. The fourth-order valence-electron chi connectivity index (χ4n) is 1.99. The van der Waals surface area contributed by atoms with Crippen LogP contribution in [0.4, 0.5) is 0 Å². The number of rotatable bonds is 10. The molecule has 0 heterocycles. The SMILES string of the molecule is CC(C)CCCOC(=O)CCCCC(=O)Oc1ccccc1Cl. The summed E-state index contributed by atoms with van der Waals surface area (Å²) < 4.78 is 10.3. The topological polar surface area (TPSA) is 52.6 Å². The molecular weight excluding hydrogens is 316 g/mol. The van der Waals surface area contributed by atoms with Gasteiger partial charge in [0.15, 0.2) is 0 Å². The molecule has 0 amide bonds. The van der Waals surface area contributed by atoms with Crippen LogP contribution in [0.3, 0.4) is 0 Å². The van der Waals surface area contributed by atoms with Crippen molar-refractivity contribution in [3.8, 4) is 5.75 Å². The first-order chi connectivity index (χ1) is 11.0. The van der Waals surface area contributed by atoms with Crippen molar-refractivity contribution in [3.63, 3.8) is 0 Å². The van der Waals surface area contributed by atoms with Gasteiger partial charge < -0.3 is 9.47 Å². The summed E-state index contributed by atoms with van der Waals surface area (Å²) in [5.74, 6) is 0.443. The maximum atomic E-state index is 11.7. The van der Waals surface area contributed by atoms with Crippen LogP contribution in [0.1, 0.15) is 52.4 Å². The van der Waals surface area contributed by atoms with E-state index in [0.29, 0.717) is 42.6 Å². The number of para-hydroxylation sites is 1. The zero-order valence-electron chi connectivity index (χ0n) is 13.8. The number of ether oxygens (including phenoxy) is 2. The molecule has 1 aromatic carbocycles. The second kappa shape index (κ2) is 11.1. The lowest BCUT2D eigenvalue weighted by atomic mass is 10.1. The molecular formula is C18H25ClO4. The van der Waals surface area contributed by atoms with Gasteiger partial charge >= 0.3 is 11.9 Å². The number of benzene rings is 1. The molecule has 0 saturated heterocycles. The summed E-state index contributed by atoms with van der Waals surface area (Å²) >= 11 is 5.91. The predicted molar refractivity (Wildman–Crippen MR) is 90.6 cm³/mol. The maximum absolute atomic E-state index is 11.7. The molecule has 0 fully saturated rings. The number of esters is 2. The zero-order valence-corrected chi connectivity index (χ0v) is 14.6. The van der Waals surface area contributed by atoms with E-state index < -0.39 is 0 Å². The van der Waals surface area contributed by atoms with Gasteiger partial charge in [-0.2, -0.15) is 0 Å². The highest BCUT2D eigenvalue weighted by Gasteiger charge is 2.09. The molecule has 0 aliphatic rings.